The van der Waals surface area contributed by atoms with Gasteiger partial charge >= 0.3 is 0 Å². The number of hydrogen-bond acceptors (Lipinski definition) is 2. The quantitative estimate of drug-likeness (QED) is 0.729. The second-order valence-corrected chi connectivity index (χ2v) is 4.47. The largest absolute Gasteiger partial charge is 0.378 e. The van der Waals surface area contributed by atoms with Crippen LogP contribution in [0.2, 0.25) is 0 Å². The van der Waals surface area contributed by atoms with E-state index in [0.717, 1.165) is 12.3 Å². The average Bonchev–Trinajstić information content (AvgIpc) is 2.10. The molecule has 1 fully saturated rings. The van der Waals surface area contributed by atoms with Crippen LogP contribution in [-0.2, 0) is 0 Å². The number of unbranched alkanes of at least 4 members (excludes halogenated alkanes) is 1. The highest BCUT2D eigenvalue weighted by Gasteiger charge is 2.28. The van der Waals surface area contributed by atoms with Gasteiger partial charge in [-0.25, -0.2) is 0 Å². The molecule has 0 aliphatic carbocycles. The van der Waals surface area contributed by atoms with Crippen molar-refractivity contribution < 1.29 is 5.11 Å². The molecule has 3 atom stereocenters. The maximum Gasteiger partial charge on any atom is 0.107 e. The summed E-state index contributed by atoms with van der Waals surface area (Å²) in [5.74, 6) is 0.751. The fraction of sp³-hybridized carbons (Fsp3) is 1.00. The summed E-state index contributed by atoms with van der Waals surface area (Å²) >= 11 is 0. The molecule has 0 amide bonds. The molecular formula is C11H23NO. The minimum atomic E-state index is -0.203. The summed E-state index contributed by atoms with van der Waals surface area (Å²) in [5.41, 5.74) is 0. The minimum absolute atomic E-state index is 0.203. The molecule has 13 heavy (non-hydrogen) atoms. The first-order chi connectivity index (χ1) is 6.15. The molecule has 2 heteroatoms. The van der Waals surface area contributed by atoms with Gasteiger partial charge in [0, 0.05) is 6.04 Å². The first kappa shape index (κ1) is 11.0. The lowest BCUT2D eigenvalue weighted by atomic mass is 9.87. The zero-order valence-electron chi connectivity index (χ0n) is 9.16. The molecule has 2 nitrogen and oxygen atoms in total. The van der Waals surface area contributed by atoms with Crippen LogP contribution in [0.1, 0.15) is 46.0 Å². The third kappa shape index (κ3) is 2.96. The van der Waals surface area contributed by atoms with E-state index in [1.807, 2.05) is 7.05 Å². The van der Waals surface area contributed by atoms with Gasteiger partial charge in [0.25, 0.3) is 0 Å². The molecule has 1 rings (SSSR count). The summed E-state index contributed by atoms with van der Waals surface area (Å²) < 4.78 is 0. The molecule has 1 aliphatic rings. The predicted molar refractivity (Wildman–Crippen MR) is 55.5 cm³/mol. The highest BCUT2D eigenvalue weighted by atomic mass is 16.3. The highest BCUT2D eigenvalue weighted by Crippen LogP contribution is 2.28. The van der Waals surface area contributed by atoms with E-state index in [1.165, 1.54) is 25.7 Å². The summed E-state index contributed by atoms with van der Waals surface area (Å²) in [6.45, 7) is 4.44. The van der Waals surface area contributed by atoms with E-state index in [4.69, 9.17) is 0 Å². The number of aliphatic hydroxyl groups is 1. The van der Waals surface area contributed by atoms with Crippen LogP contribution in [0.15, 0.2) is 0 Å². The van der Waals surface area contributed by atoms with Crippen molar-refractivity contribution in [3.8, 4) is 0 Å². The van der Waals surface area contributed by atoms with Gasteiger partial charge < -0.3 is 5.11 Å². The van der Waals surface area contributed by atoms with Crippen LogP contribution in [0.3, 0.4) is 0 Å². The fourth-order valence-electron chi connectivity index (χ4n) is 2.23. The Balaban J connectivity index is 2.35. The summed E-state index contributed by atoms with van der Waals surface area (Å²) in [4.78, 5) is 2.09. The van der Waals surface area contributed by atoms with Crippen LogP contribution in [0, 0.1) is 5.92 Å². The zero-order valence-corrected chi connectivity index (χ0v) is 9.16. The van der Waals surface area contributed by atoms with Gasteiger partial charge in [0.1, 0.15) is 6.23 Å². The van der Waals surface area contributed by atoms with E-state index in [0.29, 0.717) is 6.04 Å². The topological polar surface area (TPSA) is 23.5 Å². The Kier molecular flexibility index (Phi) is 4.20. The van der Waals surface area contributed by atoms with Crippen LogP contribution in [0.5, 0.6) is 0 Å². The van der Waals surface area contributed by atoms with Crippen LogP contribution in [-0.4, -0.2) is 29.3 Å². The average molecular weight is 185 g/mol. The molecule has 1 saturated heterocycles. The highest BCUT2D eigenvalue weighted by molar-refractivity contribution is 4.79. The van der Waals surface area contributed by atoms with E-state index >= 15 is 0 Å². The van der Waals surface area contributed by atoms with Gasteiger partial charge in [0.2, 0.25) is 0 Å². The van der Waals surface area contributed by atoms with Crippen LogP contribution in [0.25, 0.3) is 0 Å². The van der Waals surface area contributed by atoms with Crippen molar-refractivity contribution in [2.45, 2.75) is 58.2 Å². The molecule has 78 valence electrons. The number of aliphatic hydroxyl groups excluding tert-OH is 1. The summed E-state index contributed by atoms with van der Waals surface area (Å²) in [6.07, 6.45) is 5.91. The van der Waals surface area contributed by atoms with Crippen molar-refractivity contribution in [3.63, 3.8) is 0 Å². The van der Waals surface area contributed by atoms with Gasteiger partial charge in [-0.05, 0) is 32.7 Å². The van der Waals surface area contributed by atoms with Gasteiger partial charge in [0.05, 0.1) is 0 Å². The van der Waals surface area contributed by atoms with E-state index < -0.39 is 0 Å². The molecule has 1 N–H and O–H groups in total. The Hall–Kier alpha value is -0.0800. The van der Waals surface area contributed by atoms with Gasteiger partial charge in [-0.3, -0.25) is 4.90 Å². The Labute approximate surface area is 81.9 Å². The standard InChI is InChI=1S/C11H23NO/c1-4-5-6-10-7-9(2)12(3)11(13)8-10/h9-11,13H,4-8H2,1-3H3. The van der Waals surface area contributed by atoms with Crippen LogP contribution < -0.4 is 0 Å². The third-order valence-electron chi connectivity index (χ3n) is 3.35. The normalized spacial score (nSPS) is 36.5. The van der Waals surface area contributed by atoms with Crippen LogP contribution in [0.4, 0.5) is 0 Å². The van der Waals surface area contributed by atoms with E-state index in [2.05, 4.69) is 18.7 Å². The van der Waals surface area contributed by atoms with Crippen molar-refractivity contribution in [1.82, 2.24) is 4.90 Å². The molecule has 1 aliphatic heterocycles. The molecule has 0 saturated carbocycles. The zero-order chi connectivity index (χ0) is 9.84. The first-order valence-corrected chi connectivity index (χ1v) is 5.55. The molecule has 0 aromatic rings. The van der Waals surface area contributed by atoms with Crippen molar-refractivity contribution >= 4 is 0 Å². The number of likely N-dealkylation sites (tertiary alicyclic amines) is 1. The van der Waals surface area contributed by atoms with Gasteiger partial charge in [0.15, 0.2) is 0 Å². The molecule has 0 bridgehead atoms. The molecule has 0 aromatic heterocycles. The van der Waals surface area contributed by atoms with Crippen molar-refractivity contribution in [3.05, 3.63) is 0 Å². The lowest BCUT2D eigenvalue weighted by Gasteiger charge is -2.39. The number of nitrogens with zero attached hydrogens (tertiary/aromatic N) is 1. The molecule has 0 spiro atoms. The monoisotopic (exact) mass is 185 g/mol. The first-order valence-electron chi connectivity index (χ1n) is 5.55. The van der Waals surface area contributed by atoms with Crippen molar-refractivity contribution in [2.24, 2.45) is 5.92 Å². The molecule has 0 radical (unpaired) electrons. The Bertz CT molecular complexity index is 137. The van der Waals surface area contributed by atoms with Gasteiger partial charge in [-0.2, -0.15) is 0 Å². The summed E-state index contributed by atoms with van der Waals surface area (Å²) in [5, 5.41) is 9.74. The second-order valence-electron chi connectivity index (χ2n) is 4.47. The van der Waals surface area contributed by atoms with Gasteiger partial charge in [-0.1, -0.05) is 26.2 Å². The lowest BCUT2D eigenvalue weighted by molar-refractivity contribution is -0.0550. The molecule has 3 unspecified atom stereocenters. The van der Waals surface area contributed by atoms with Crippen LogP contribution >= 0.6 is 0 Å². The minimum Gasteiger partial charge on any atom is -0.378 e. The fourth-order valence-corrected chi connectivity index (χ4v) is 2.23. The SMILES string of the molecule is CCCCC1CC(C)N(C)C(O)C1. The number of rotatable bonds is 3. The third-order valence-corrected chi connectivity index (χ3v) is 3.35. The molecular weight excluding hydrogens is 162 g/mol. The second kappa shape index (κ2) is 4.97. The number of hydrogen-bond donors (Lipinski definition) is 1. The van der Waals surface area contributed by atoms with E-state index in [-0.39, 0.29) is 6.23 Å². The van der Waals surface area contributed by atoms with Crippen molar-refractivity contribution in [2.75, 3.05) is 7.05 Å². The maximum atomic E-state index is 9.74. The smallest absolute Gasteiger partial charge is 0.107 e. The predicted octanol–water partition coefficient (Wildman–Crippen LogP) is 2.23. The lowest BCUT2D eigenvalue weighted by Crippen LogP contribution is -2.45. The van der Waals surface area contributed by atoms with Gasteiger partial charge in [-0.15, -0.1) is 0 Å². The summed E-state index contributed by atoms with van der Waals surface area (Å²) in [7, 11) is 2.02. The Morgan fingerprint density at radius 1 is 1.38 bits per heavy atom. The maximum absolute atomic E-state index is 9.74. The van der Waals surface area contributed by atoms with Crippen molar-refractivity contribution in [1.29, 1.82) is 0 Å². The number of piperidine rings is 1. The van der Waals surface area contributed by atoms with E-state index in [1.54, 1.807) is 0 Å². The molecule has 0 aromatic carbocycles. The van der Waals surface area contributed by atoms with E-state index in [9.17, 15) is 5.11 Å². The molecule has 1 heterocycles. The Morgan fingerprint density at radius 2 is 2.08 bits per heavy atom. The Morgan fingerprint density at radius 3 is 2.62 bits per heavy atom. The summed E-state index contributed by atoms with van der Waals surface area (Å²) in [6, 6.07) is 0.547.